The van der Waals surface area contributed by atoms with E-state index in [1.54, 1.807) is 7.11 Å². The van der Waals surface area contributed by atoms with E-state index in [9.17, 15) is 4.79 Å². The third kappa shape index (κ3) is 8.02. The zero-order valence-electron chi connectivity index (χ0n) is 15.9. The van der Waals surface area contributed by atoms with E-state index < -0.39 is 5.60 Å². The summed E-state index contributed by atoms with van der Waals surface area (Å²) in [5.74, 6) is 1.11. The lowest BCUT2D eigenvalue weighted by Crippen LogP contribution is -2.44. The van der Waals surface area contributed by atoms with Gasteiger partial charge in [0.1, 0.15) is 5.60 Å². The van der Waals surface area contributed by atoms with Crippen LogP contribution < -0.4 is 5.32 Å². The number of hydrogen-bond donors (Lipinski definition) is 1. The van der Waals surface area contributed by atoms with Crippen molar-refractivity contribution in [2.24, 2.45) is 11.8 Å². The predicted molar refractivity (Wildman–Crippen MR) is 93.7 cm³/mol. The number of piperidine rings is 1. The molecule has 1 aliphatic heterocycles. The van der Waals surface area contributed by atoms with Crippen molar-refractivity contribution >= 4 is 6.09 Å². The number of ether oxygens (including phenoxy) is 2. The first kappa shape index (κ1) is 20.2. The molecule has 1 saturated heterocycles. The van der Waals surface area contributed by atoms with E-state index in [0.29, 0.717) is 17.9 Å². The molecule has 5 heteroatoms. The molecule has 0 aromatic heterocycles. The molecule has 1 heterocycles. The van der Waals surface area contributed by atoms with Crippen LogP contribution >= 0.6 is 0 Å². The van der Waals surface area contributed by atoms with Crippen LogP contribution in [0.3, 0.4) is 0 Å². The summed E-state index contributed by atoms with van der Waals surface area (Å²) in [6.45, 7) is 13.5. The first-order valence-corrected chi connectivity index (χ1v) is 8.93. The summed E-state index contributed by atoms with van der Waals surface area (Å²) in [7, 11) is 1.75. The highest BCUT2D eigenvalue weighted by atomic mass is 16.6. The fourth-order valence-electron chi connectivity index (χ4n) is 2.93. The van der Waals surface area contributed by atoms with Crippen LogP contribution in [0.2, 0.25) is 0 Å². The lowest BCUT2D eigenvalue weighted by atomic mass is 9.94. The Morgan fingerprint density at radius 1 is 1.35 bits per heavy atom. The van der Waals surface area contributed by atoms with Crippen molar-refractivity contribution in [3.8, 4) is 0 Å². The van der Waals surface area contributed by atoms with Crippen LogP contribution in [0.1, 0.15) is 53.9 Å². The van der Waals surface area contributed by atoms with Crippen molar-refractivity contribution in [2.45, 2.75) is 65.5 Å². The molecule has 0 bridgehead atoms. The smallest absolute Gasteiger partial charge is 0.410 e. The molecule has 2 unspecified atom stereocenters. The van der Waals surface area contributed by atoms with E-state index in [4.69, 9.17) is 9.47 Å². The average Bonchev–Trinajstić information content (AvgIpc) is 2.44. The van der Waals surface area contributed by atoms with Gasteiger partial charge in [0.05, 0.1) is 6.61 Å². The van der Waals surface area contributed by atoms with Gasteiger partial charge in [-0.05, 0) is 58.4 Å². The summed E-state index contributed by atoms with van der Waals surface area (Å²) in [5.41, 5.74) is -0.420. The second-order valence-corrected chi connectivity index (χ2v) is 7.98. The van der Waals surface area contributed by atoms with Gasteiger partial charge in [-0.1, -0.05) is 13.8 Å². The maximum absolute atomic E-state index is 12.2. The topological polar surface area (TPSA) is 50.8 Å². The van der Waals surface area contributed by atoms with Gasteiger partial charge in [-0.3, -0.25) is 0 Å². The number of likely N-dealkylation sites (tertiary alicyclic amines) is 1. The van der Waals surface area contributed by atoms with Crippen LogP contribution in [0.15, 0.2) is 0 Å². The number of carbonyl (C=O) groups is 1. The van der Waals surface area contributed by atoms with E-state index in [-0.39, 0.29) is 6.09 Å². The number of amides is 1. The van der Waals surface area contributed by atoms with Crippen LogP contribution in [0, 0.1) is 11.8 Å². The highest BCUT2D eigenvalue weighted by Crippen LogP contribution is 2.21. The molecule has 0 saturated carbocycles. The number of methoxy groups -OCH3 is 1. The van der Waals surface area contributed by atoms with Crippen LogP contribution in [0.4, 0.5) is 4.79 Å². The van der Waals surface area contributed by atoms with Crippen molar-refractivity contribution < 1.29 is 14.3 Å². The molecule has 1 amide bonds. The highest BCUT2D eigenvalue weighted by molar-refractivity contribution is 5.68. The van der Waals surface area contributed by atoms with Crippen molar-refractivity contribution in [2.75, 3.05) is 33.4 Å². The minimum absolute atomic E-state index is 0.172. The van der Waals surface area contributed by atoms with Crippen LogP contribution in [0.25, 0.3) is 0 Å². The minimum atomic E-state index is -0.420. The number of hydrogen-bond acceptors (Lipinski definition) is 4. The molecule has 5 nitrogen and oxygen atoms in total. The first-order chi connectivity index (χ1) is 10.7. The fourth-order valence-corrected chi connectivity index (χ4v) is 2.93. The largest absolute Gasteiger partial charge is 0.444 e. The van der Waals surface area contributed by atoms with Gasteiger partial charge in [-0.25, -0.2) is 4.79 Å². The summed E-state index contributed by atoms with van der Waals surface area (Å²) in [4.78, 5) is 14.1. The van der Waals surface area contributed by atoms with E-state index in [1.807, 2.05) is 25.7 Å². The maximum atomic E-state index is 12.2. The van der Waals surface area contributed by atoms with Crippen molar-refractivity contribution in [3.63, 3.8) is 0 Å². The van der Waals surface area contributed by atoms with Gasteiger partial charge >= 0.3 is 6.09 Å². The molecular weight excluding hydrogens is 292 g/mol. The van der Waals surface area contributed by atoms with E-state index in [0.717, 1.165) is 39.1 Å². The highest BCUT2D eigenvalue weighted by Gasteiger charge is 2.27. The van der Waals surface area contributed by atoms with Gasteiger partial charge in [-0.15, -0.1) is 0 Å². The number of nitrogens with one attached hydrogen (secondary N) is 1. The molecule has 0 aromatic carbocycles. The van der Waals surface area contributed by atoms with Gasteiger partial charge in [0.25, 0.3) is 0 Å². The quantitative estimate of drug-likeness (QED) is 0.779. The van der Waals surface area contributed by atoms with Crippen molar-refractivity contribution in [1.29, 1.82) is 0 Å². The van der Waals surface area contributed by atoms with E-state index in [1.165, 1.54) is 6.42 Å². The lowest BCUT2D eigenvalue weighted by molar-refractivity contribution is 0.0161. The fraction of sp³-hybridized carbons (Fsp3) is 0.944. The molecule has 0 aromatic rings. The Morgan fingerprint density at radius 2 is 2.04 bits per heavy atom. The average molecular weight is 328 g/mol. The Morgan fingerprint density at radius 3 is 2.61 bits per heavy atom. The summed E-state index contributed by atoms with van der Waals surface area (Å²) in [6, 6.07) is 0.394. The van der Waals surface area contributed by atoms with E-state index >= 15 is 0 Å². The van der Waals surface area contributed by atoms with Crippen molar-refractivity contribution in [1.82, 2.24) is 10.2 Å². The van der Waals surface area contributed by atoms with Gasteiger partial charge in [0.2, 0.25) is 0 Å². The summed E-state index contributed by atoms with van der Waals surface area (Å²) < 4.78 is 10.8. The first-order valence-electron chi connectivity index (χ1n) is 8.93. The lowest BCUT2D eigenvalue weighted by Gasteiger charge is -2.34. The Bertz CT molecular complexity index is 353. The molecule has 23 heavy (non-hydrogen) atoms. The zero-order chi connectivity index (χ0) is 17.5. The van der Waals surface area contributed by atoms with Gasteiger partial charge in [-0.2, -0.15) is 0 Å². The molecule has 1 N–H and O–H groups in total. The molecule has 1 fully saturated rings. The normalized spacial score (nSPS) is 20.7. The Labute approximate surface area is 142 Å². The van der Waals surface area contributed by atoms with Crippen LogP contribution in [-0.4, -0.2) is 56.0 Å². The molecule has 1 rings (SSSR count). The predicted octanol–water partition coefficient (Wildman–Crippen LogP) is 3.28. The summed E-state index contributed by atoms with van der Waals surface area (Å²) in [5, 5.41) is 3.59. The van der Waals surface area contributed by atoms with Crippen LogP contribution in [-0.2, 0) is 9.47 Å². The number of carbonyl (C=O) groups excluding carboxylic acids is 1. The maximum Gasteiger partial charge on any atom is 0.410 e. The Hall–Kier alpha value is -0.810. The second-order valence-electron chi connectivity index (χ2n) is 7.98. The standard InChI is InChI=1S/C18H36N2O3/c1-14(2)16(13-22-6)19-10-9-15-8-7-11-20(12-15)17(21)23-18(3,4)5/h14-16,19H,7-13H2,1-6H3. The summed E-state index contributed by atoms with van der Waals surface area (Å²) in [6.07, 6.45) is 3.17. The van der Waals surface area contributed by atoms with Gasteiger partial charge < -0.3 is 19.7 Å². The molecule has 136 valence electrons. The number of nitrogens with zero attached hydrogens (tertiary/aromatic N) is 1. The van der Waals surface area contributed by atoms with Crippen molar-refractivity contribution in [3.05, 3.63) is 0 Å². The van der Waals surface area contributed by atoms with Crippen LogP contribution in [0.5, 0.6) is 0 Å². The molecule has 0 spiro atoms. The summed E-state index contributed by atoms with van der Waals surface area (Å²) >= 11 is 0. The molecule has 0 aliphatic carbocycles. The third-order valence-corrected chi connectivity index (χ3v) is 4.28. The van der Waals surface area contributed by atoms with E-state index in [2.05, 4.69) is 19.2 Å². The number of rotatable bonds is 7. The Balaban J connectivity index is 2.36. The SMILES string of the molecule is COCC(NCCC1CCCN(C(=O)OC(C)(C)C)C1)C(C)C. The third-order valence-electron chi connectivity index (χ3n) is 4.28. The molecular formula is C18H36N2O3. The Kier molecular flexibility index (Phi) is 8.34. The molecule has 1 aliphatic rings. The zero-order valence-corrected chi connectivity index (χ0v) is 15.9. The van der Waals surface area contributed by atoms with Gasteiger partial charge in [0, 0.05) is 26.2 Å². The van der Waals surface area contributed by atoms with Gasteiger partial charge in [0.15, 0.2) is 0 Å². The monoisotopic (exact) mass is 328 g/mol. The molecule has 0 radical (unpaired) electrons. The molecule has 2 atom stereocenters. The second kappa shape index (κ2) is 9.48. The minimum Gasteiger partial charge on any atom is -0.444 e.